The van der Waals surface area contributed by atoms with Gasteiger partial charge in [0.05, 0.1) is 12.1 Å². The summed E-state index contributed by atoms with van der Waals surface area (Å²) in [6.07, 6.45) is 5.42. The number of amides is 1. The molecular formula is C17H24N2O. The average Bonchev–Trinajstić information content (AvgIpc) is 3.07. The molecule has 3 rings (SSSR count). The quantitative estimate of drug-likeness (QED) is 0.914. The van der Waals surface area contributed by atoms with E-state index in [9.17, 15) is 4.79 Å². The molecule has 0 radical (unpaired) electrons. The first-order valence-corrected chi connectivity index (χ1v) is 7.92. The smallest absolute Gasteiger partial charge is 0.237 e. The minimum Gasteiger partial charge on any atom is -0.348 e. The third-order valence-corrected chi connectivity index (χ3v) is 4.63. The first-order valence-electron chi connectivity index (χ1n) is 7.92. The molecule has 3 nitrogen and oxygen atoms in total. The fourth-order valence-electron chi connectivity index (χ4n) is 3.65. The van der Waals surface area contributed by atoms with Gasteiger partial charge in [0, 0.05) is 0 Å². The van der Waals surface area contributed by atoms with Crippen LogP contribution in [-0.2, 0) is 11.2 Å². The molecule has 0 unspecified atom stereocenters. The van der Waals surface area contributed by atoms with Crippen LogP contribution < -0.4 is 5.32 Å². The highest BCUT2D eigenvalue weighted by atomic mass is 16.2. The van der Waals surface area contributed by atoms with E-state index in [0.29, 0.717) is 0 Å². The number of carbonyl (C=O) groups excluding carboxylic acids is 1. The van der Waals surface area contributed by atoms with Crippen LogP contribution in [-0.4, -0.2) is 29.9 Å². The fourth-order valence-corrected chi connectivity index (χ4v) is 3.65. The van der Waals surface area contributed by atoms with Gasteiger partial charge < -0.3 is 5.32 Å². The molecule has 0 saturated carbocycles. The lowest BCUT2D eigenvalue weighted by Gasteiger charge is -2.25. The fraction of sp³-hybridized carbons (Fsp3) is 0.588. The molecule has 1 amide bonds. The van der Waals surface area contributed by atoms with Gasteiger partial charge in [0.1, 0.15) is 0 Å². The van der Waals surface area contributed by atoms with Crippen LogP contribution in [0.1, 0.15) is 49.8 Å². The number of nitrogens with one attached hydrogen (secondary N) is 1. The molecule has 1 heterocycles. The Labute approximate surface area is 121 Å². The molecule has 108 valence electrons. The average molecular weight is 272 g/mol. The monoisotopic (exact) mass is 272 g/mol. The van der Waals surface area contributed by atoms with Gasteiger partial charge in [-0.1, -0.05) is 31.2 Å². The summed E-state index contributed by atoms with van der Waals surface area (Å²) in [6.45, 7) is 4.30. The topological polar surface area (TPSA) is 32.3 Å². The first kappa shape index (κ1) is 13.6. The van der Waals surface area contributed by atoms with Crippen molar-refractivity contribution in [3.8, 4) is 0 Å². The van der Waals surface area contributed by atoms with E-state index < -0.39 is 0 Å². The molecule has 1 aromatic carbocycles. The number of fused-ring (bicyclic) bond motifs is 1. The van der Waals surface area contributed by atoms with E-state index in [1.807, 2.05) is 0 Å². The number of carbonyl (C=O) groups is 1. The number of hydrogen-bond acceptors (Lipinski definition) is 2. The summed E-state index contributed by atoms with van der Waals surface area (Å²) in [4.78, 5) is 14.9. The number of benzene rings is 1. The van der Waals surface area contributed by atoms with Gasteiger partial charge in [-0.3, -0.25) is 9.69 Å². The standard InChI is InChI=1S/C17H24N2O/c1-2-11-19-12-5-8-16(19)17(20)18-15-10-9-13-6-3-4-7-14(13)15/h3-4,6-7,15-16H,2,5,8-12H2,1H3,(H,18,20)/t15-,16-/m1/s1. The van der Waals surface area contributed by atoms with E-state index in [0.717, 1.165) is 45.2 Å². The van der Waals surface area contributed by atoms with Gasteiger partial charge in [-0.05, 0) is 56.3 Å². The minimum absolute atomic E-state index is 0.0997. The first-order chi connectivity index (χ1) is 9.79. The summed E-state index contributed by atoms with van der Waals surface area (Å²) in [5.41, 5.74) is 2.72. The molecule has 3 heteroatoms. The van der Waals surface area contributed by atoms with Crippen LogP contribution in [0.4, 0.5) is 0 Å². The van der Waals surface area contributed by atoms with Gasteiger partial charge in [-0.25, -0.2) is 0 Å². The van der Waals surface area contributed by atoms with E-state index >= 15 is 0 Å². The summed E-state index contributed by atoms with van der Waals surface area (Å²) in [7, 11) is 0. The lowest BCUT2D eigenvalue weighted by atomic mass is 10.1. The lowest BCUT2D eigenvalue weighted by Crippen LogP contribution is -2.44. The lowest BCUT2D eigenvalue weighted by molar-refractivity contribution is -0.126. The van der Waals surface area contributed by atoms with Crippen molar-refractivity contribution < 1.29 is 4.79 Å². The zero-order chi connectivity index (χ0) is 13.9. The van der Waals surface area contributed by atoms with E-state index in [1.54, 1.807) is 0 Å². The molecule has 1 aromatic rings. The highest BCUT2D eigenvalue weighted by Crippen LogP contribution is 2.31. The van der Waals surface area contributed by atoms with Crippen molar-refractivity contribution >= 4 is 5.91 Å². The Balaban J connectivity index is 1.65. The van der Waals surface area contributed by atoms with E-state index in [2.05, 4.69) is 41.4 Å². The molecule has 1 saturated heterocycles. The molecule has 1 aliphatic heterocycles. The van der Waals surface area contributed by atoms with Crippen molar-refractivity contribution in [2.24, 2.45) is 0 Å². The molecule has 1 fully saturated rings. The number of rotatable bonds is 4. The largest absolute Gasteiger partial charge is 0.348 e. The van der Waals surface area contributed by atoms with Crippen molar-refractivity contribution in [2.45, 2.75) is 51.1 Å². The van der Waals surface area contributed by atoms with Crippen LogP contribution in [0.2, 0.25) is 0 Å². The molecule has 0 spiro atoms. The third-order valence-electron chi connectivity index (χ3n) is 4.63. The Hall–Kier alpha value is -1.35. The predicted octanol–water partition coefficient (Wildman–Crippen LogP) is 2.66. The molecular weight excluding hydrogens is 248 g/mol. The highest BCUT2D eigenvalue weighted by molar-refractivity contribution is 5.82. The second-order valence-corrected chi connectivity index (χ2v) is 5.99. The van der Waals surface area contributed by atoms with Crippen molar-refractivity contribution in [2.75, 3.05) is 13.1 Å². The Morgan fingerprint density at radius 2 is 2.20 bits per heavy atom. The van der Waals surface area contributed by atoms with Gasteiger partial charge in [-0.2, -0.15) is 0 Å². The van der Waals surface area contributed by atoms with E-state index in [4.69, 9.17) is 0 Å². The van der Waals surface area contributed by atoms with Crippen molar-refractivity contribution in [3.05, 3.63) is 35.4 Å². The summed E-state index contributed by atoms with van der Waals surface area (Å²) in [5.74, 6) is 0.234. The molecule has 2 atom stereocenters. The van der Waals surface area contributed by atoms with Crippen LogP contribution in [0.3, 0.4) is 0 Å². The van der Waals surface area contributed by atoms with Crippen molar-refractivity contribution in [1.82, 2.24) is 10.2 Å². The zero-order valence-corrected chi connectivity index (χ0v) is 12.3. The van der Waals surface area contributed by atoms with Gasteiger partial charge >= 0.3 is 0 Å². The molecule has 20 heavy (non-hydrogen) atoms. The van der Waals surface area contributed by atoms with E-state index in [1.165, 1.54) is 11.1 Å². The molecule has 2 aliphatic rings. The minimum atomic E-state index is 0.0997. The second-order valence-electron chi connectivity index (χ2n) is 5.99. The Kier molecular flexibility index (Phi) is 4.06. The molecule has 0 bridgehead atoms. The van der Waals surface area contributed by atoms with Crippen LogP contribution in [0.25, 0.3) is 0 Å². The third kappa shape index (κ3) is 2.59. The maximum absolute atomic E-state index is 12.5. The van der Waals surface area contributed by atoms with Crippen LogP contribution in [0.5, 0.6) is 0 Å². The van der Waals surface area contributed by atoms with Crippen LogP contribution in [0, 0.1) is 0 Å². The number of hydrogen-bond donors (Lipinski definition) is 1. The Bertz CT molecular complexity index is 486. The van der Waals surface area contributed by atoms with Gasteiger partial charge in [0.2, 0.25) is 5.91 Å². The molecule has 0 aromatic heterocycles. The number of nitrogens with zero attached hydrogens (tertiary/aromatic N) is 1. The summed E-state index contributed by atoms with van der Waals surface area (Å²) < 4.78 is 0. The maximum atomic E-state index is 12.5. The Morgan fingerprint density at radius 1 is 1.35 bits per heavy atom. The normalized spacial score (nSPS) is 25.6. The van der Waals surface area contributed by atoms with Crippen LogP contribution >= 0.6 is 0 Å². The summed E-state index contributed by atoms with van der Waals surface area (Å²) >= 11 is 0. The van der Waals surface area contributed by atoms with Crippen molar-refractivity contribution in [1.29, 1.82) is 0 Å². The van der Waals surface area contributed by atoms with E-state index in [-0.39, 0.29) is 18.0 Å². The van der Waals surface area contributed by atoms with Crippen LogP contribution in [0.15, 0.2) is 24.3 Å². The van der Waals surface area contributed by atoms with Gasteiger partial charge in [-0.15, -0.1) is 0 Å². The van der Waals surface area contributed by atoms with Gasteiger partial charge in [0.15, 0.2) is 0 Å². The summed E-state index contributed by atoms with van der Waals surface area (Å²) in [6, 6.07) is 8.82. The SMILES string of the molecule is CCCN1CCC[C@@H]1C(=O)N[C@@H]1CCc2ccccc21. The second kappa shape index (κ2) is 5.96. The Morgan fingerprint density at radius 3 is 3.05 bits per heavy atom. The predicted molar refractivity (Wildman–Crippen MR) is 80.5 cm³/mol. The van der Waals surface area contributed by atoms with Gasteiger partial charge in [0.25, 0.3) is 0 Å². The number of likely N-dealkylation sites (tertiary alicyclic amines) is 1. The van der Waals surface area contributed by atoms with Crippen molar-refractivity contribution in [3.63, 3.8) is 0 Å². The highest BCUT2D eigenvalue weighted by Gasteiger charge is 2.32. The number of aryl methyl sites for hydroxylation is 1. The maximum Gasteiger partial charge on any atom is 0.237 e. The zero-order valence-electron chi connectivity index (χ0n) is 12.3. The summed E-state index contributed by atoms with van der Waals surface area (Å²) in [5, 5.41) is 3.28. The molecule has 1 aliphatic carbocycles. The molecule has 1 N–H and O–H groups in total.